The van der Waals surface area contributed by atoms with E-state index in [0.29, 0.717) is 6.54 Å². The molecule has 0 fully saturated rings. The van der Waals surface area contributed by atoms with Crippen molar-refractivity contribution in [2.75, 3.05) is 11.9 Å². The molecule has 0 radical (unpaired) electrons. The highest BCUT2D eigenvalue weighted by molar-refractivity contribution is 5.93. The van der Waals surface area contributed by atoms with Crippen molar-refractivity contribution in [3.63, 3.8) is 0 Å². The first-order valence-corrected chi connectivity index (χ1v) is 7.35. The zero-order valence-electron chi connectivity index (χ0n) is 13.8. The second-order valence-electron chi connectivity index (χ2n) is 5.78. The highest BCUT2D eigenvalue weighted by atomic mass is 35.5. The topological polar surface area (TPSA) is 21.1 Å². The van der Waals surface area contributed by atoms with Gasteiger partial charge in [0.25, 0.3) is 0 Å². The number of pyridine rings is 1. The van der Waals surface area contributed by atoms with Gasteiger partial charge in [0.2, 0.25) is 0 Å². The van der Waals surface area contributed by atoms with Gasteiger partial charge in [-0.2, -0.15) is 0 Å². The molecule has 0 bridgehead atoms. The first-order valence-electron chi connectivity index (χ1n) is 7.35. The molecule has 0 amide bonds. The third kappa shape index (κ3) is 3.04. The summed E-state index contributed by atoms with van der Waals surface area (Å²) in [6, 6.07) is 8.68. The number of hydrogen-bond donors (Lipinski definition) is 0. The monoisotopic (exact) mass is 333 g/mol. The van der Waals surface area contributed by atoms with E-state index in [1.54, 1.807) is 0 Å². The van der Waals surface area contributed by atoms with Gasteiger partial charge in [0.15, 0.2) is 5.82 Å². The second-order valence-corrected chi connectivity index (χ2v) is 5.78. The number of anilines is 1. The van der Waals surface area contributed by atoms with Crippen LogP contribution < -0.4 is 4.90 Å². The molecule has 23 heavy (non-hydrogen) atoms. The van der Waals surface area contributed by atoms with E-state index < -0.39 is 0 Å². The molecular formula is C18H21ClFN3. The van der Waals surface area contributed by atoms with Gasteiger partial charge in [0.05, 0.1) is 5.52 Å². The van der Waals surface area contributed by atoms with E-state index in [4.69, 9.17) is 0 Å². The minimum Gasteiger partial charge on any atom is -0.354 e. The number of benzene rings is 1. The summed E-state index contributed by atoms with van der Waals surface area (Å²) in [5, 5.41) is 1.23. The first kappa shape index (κ1) is 17.3. The van der Waals surface area contributed by atoms with Crippen LogP contribution in [0.25, 0.3) is 10.9 Å². The average Bonchev–Trinajstić information content (AvgIpc) is 2.74. The molecule has 0 aliphatic heterocycles. The fourth-order valence-corrected chi connectivity index (χ4v) is 2.91. The number of rotatable bonds is 3. The lowest BCUT2D eigenvalue weighted by molar-refractivity contribution is 0.627. The van der Waals surface area contributed by atoms with E-state index in [-0.39, 0.29) is 18.2 Å². The molecule has 0 aliphatic rings. The number of hydrogen-bond acceptors (Lipinski definition) is 2. The predicted molar refractivity (Wildman–Crippen MR) is 95.9 cm³/mol. The van der Waals surface area contributed by atoms with Crippen LogP contribution >= 0.6 is 12.4 Å². The Bertz CT molecular complexity index is 824. The van der Waals surface area contributed by atoms with Crippen LogP contribution in [0.1, 0.15) is 16.8 Å². The van der Waals surface area contributed by atoms with Crippen LogP contribution in [0.4, 0.5) is 10.2 Å². The molecule has 0 spiro atoms. The highest BCUT2D eigenvalue weighted by Gasteiger charge is 2.15. The Hall–Kier alpha value is -2.07. The maximum Gasteiger partial charge on any atom is 0.153 e. The summed E-state index contributed by atoms with van der Waals surface area (Å²) in [6.07, 6.45) is 1.85. The van der Waals surface area contributed by atoms with E-state index in [0.717, 1.165) is 16.9 Å². The van der Waals surface area contributed by atoms with Gasteiger partial charge >= 0.3 is 0 Å². The lowest BCUT2D eigenvalue weighted by atomic mass is 10.2. The Morgan fingerprint density at radius 3 is 2.43 bits per heavy atom. The number of aromatic nitrogens is 2. The lowest BCUT2D eigenvalue weighted by Gasteiger charge is -2.20. The van der Waals surface area contributed by atoms with Crippen molar-refractivity contribution in [3.8, 4) is 0 Å². The normalized spacial score (nSPS) is 10.7. The minimum absolute atomic E-state index is 0. The van der Waals surface area contributed by atoms with Crippen molar-refractivity contribution < 1.29 is 4.39 Å². The first-order chi connectivity index (χ1) is 10.5. The lowest BCUT2D eigenvalue weighted by Crippen LogP contribution is -2.18. The maximum atomic E-state index is 13.0. The predicted octanol–water partition coefficient (Wildman–Crippen LogP) is 4.39. The van der Waals surface area contributed by atoms with Gasteiger partial charge in [-0.25, -0.2) is 9.37 Å². The fourth-order valence-electron chi connectivity index (χ4n) is 2.91. The van der Waals surface area contributed by atoms with E-state index >= 15 is 0 Å². The average molecular weight is 334 g/mol. The van der Waals surface area contributed by atoms with Crippen LogP contribution in [0.3, 0.4) is 0 Å². The van der Waals surface area contributed by atoms with E-state index in [9.17, 15) is 4.39 Å². The molecule has 2 heterocycles. The quantitative estimate of drug-likeness (QED) is 0.709. The summed E-state index contributed by atoms with van der Waals surface area (Å²) in [5.41, 5.74) is 4.74. The smallest absolute Gasteiger partial charge is 0.153 e. The molecular weight excluding hydrogens is 313 g/mol. The van der Waals surface area contributed by atoms with Crippen LogP contribution in [-0.2, 0) is 13.6 Å². The van der Waals surface area contributed by atoms with Crippen molar-refractivity contribution in [1.29, 1.82) is 0 Å². The summed E-state index contributed by atoms with van der Waals surface area (Å²) in [7, 11) is 4.09. The molecule has 5 heteroatoms. The third-order valence-corrected chi connectivity index (χ3v) is 4.38. The highest BCUT2D eigenvalue weighted by Crippen LogP contribution is 2.30. The summed E-state index contributed by atoms with van der Waals surface area (Å²) in [6.45, 7) is 4.95. The summed E-state index contributed by atoms with van der Waals surface area (Å²) in [5.74, 6) is 0.737. The second kappa shape index (κ2) is 6.59. The molecule has 0 unspecified atom stereocenters. The van der Waals surface area contributed by atoms with Crippen LogP contribution in [0.15, 0.2) is 36.5 Å². The Labute approximate surface area is 142 Å². The van der Waals surface area contributed by atoms with Crippen LogP contribution in [-0.4, -0.2) is 16.6 Å². The van der Waals surface area contributed by atoms with Gasteiger partial charge in [-0.15, -0.1) is 12.4 Å². The molecule has 0 aliphatic carbocycles. The van der Waals surface area contributed by atoms with Gasteiger partial charge in [-0.05, 0) is 43.2 Å². The molecule has 0 saturated carbocycles. The van der Waals surface area contributed by atoms with Crippen molar-refractivity contribution in [1.82, 2.24) is 9.55 Å². The SMILES string of the molecule is Cc1c(C)n(C)c2c(N(C)Cc3ccc(F)cc3)nccc12.Cl. The molecule has 1 aromatic carbocycles. The van der Waals surface area contributed by atoms with Crippen molar-refractivity contribution in [2.24, 2.45) is 7.05 Å². The van der Waals surface area contributed by atoms with Gasteiger partial charge in [-0.3, -0.25) is 0 Å². The molecule has 0 atom stereocenters. The Morgan fingerprint density at radius 1 is 1.13 bits per heavy atom. The van der Waals surface area contributed by atoms with Gasteiger partial charge in [-0.1, -0.05) is 12.1 Å². The van der Waals surface area contributed by atoms with Crippen LogP contribution in [0.5, 0.6) is 0 Å². The summed E-state index contributed by atoms with van der Waals surface area (Å²) >= 11 is 0. The maximum absolute atomic E-state index is 13.0. The van der Waals surface area contributed by atoms with Gasteiger partial charge in [0.1, 0.15) is 5.82 Å². The minimum atomic E-state index is -0.208. The van der Waals surface area contributed by atoms with Crippen molar-refractivity contribution in [2.45, 2.75) is 20.4 Å². The number of fused-ring (bicyclic) bond motifs is 1. The van der Waals surface area contributed by atoms with Crippen molar-refractivity contribution >= 4 is 29.1 Å². The molecule has 122 valence electrons. The zero-order chi connectivity index (χ0) is 15.9. The van der Waals surface area contributed by atoms with E-state index in [1.165, 1.54) is 28.8 Å². The fraction of sp³-hybridized carbons (Fsp3) is 0.278. The van der Waals surface area contributed by atoms with Gasteiger partial charge in [0, 0.05) is 37.9 Å². The molecule has 3 nitrogen and oxygen atoms in total. The summed E-state index contributed by atoms with van der Waals surface area (Å²) in [4.78, 5) is 6.67. The summed E-state index contributed by atoms with van der Waals surface area (Å²) < 4.78 is 15.2. The Balaban J connectivity index is 0.00000192. The number of halogens is 2. The Kier molecular flexibility index (Phi) is 4.95. The molecule has 0 saturated heterocycles. The standard InChI is InChI=1S/C18H20FN3.ClH/c1-12-13(2)22(4)17-16(12)9-10-20-18(17)21(3)11-14-5-7-15(19)8-6-14;/h5-10H,11H2,1-4H3;1H. The van der Waals surface area contributed by atoms with E-state index in [2.05, 4.69) is 41.4 Å². The number of aryl methyl sites for hydroxylation is 2. The molecule has 0 N–H and O–H groups in total. The third-order valence-electron chi connectivity index (χ3n) is 4.38. The Morgan fingerprint density at radius 2 is 1.78 bits per heavy atom. The molecule has 3 rings (SSSR count). The van der Waals surface area contributed by atoms with Crippen LogP contribution in [0, 0.1) is 19.7 Å². The largest absolute Gasteiger partial charge is 0.354 e. The van der Waals surface area contributed by atoms with Gasteiger partial charge < -0.3 is 9.47 Å². The zero-order valence-corrected chi connectivity index (χ0v) is 14.6. The molecule has 3 aromatic rings. The number of nitrogens with zero attached hydrogens (tertiary/aromatic N) is 3. The van der Waals surface area contributed by atoms with Crippen molar-refractivity contribution in [3.05, 3.63) is 59.2 Å². The molecule has 2 aromatic heterocycles. The van der Waals surface area contributed by atoms with E-state index in [1.807, 2.05) is 25.4 Å². The van der Waals surface area contributed by atoms with Crippen LogP contribution in [0.2, 0.25) is 0 Å².